The number of rotatable bonds is 8. The molecule has 0 aromatic carbocycles. The summed E-state index contributed by atoms with van der Waals surface area (Å²) < 4.78 is 11.3. The maximum Gasteiger partial charge on any atom is 0.334 e. The van der Waals surface area contributed by atoms with Crippen molar-refractivity contribution in [1.82, 2.24) is 0 Å². The van der Waals surface area contributed by atoms with E-state index < -0.39 is 8.56 Å². The van der Waals surface area contributed by atoms with E-state index in [1.807, 2.05) is 13.8 Å². The highest BCUT2D eigenvalue weighted by Gasteiger charge is 2.29. The van der Waals surface area contributed by atoms with Crippen LogP contribution in [0.2, 0.25) is 12.6 Å². The molecule has 0 unspecified atom stereocenters. The van der Waals surface area contributed by atoms with Crippen LogP contribution in [0.5, 0.6) is 0 Å². The molecule has 0 spiro atoms. The maximum atomic E-state index is 8.11. The average molecular weight is 217 g/mol. The lowest BCUT2D eigenvalue weighted by Crippen LogP contribution is -2.38. The molecule has 0 saturated carbocycles. The Morgan fingerprint density at radius 2 is 1.86 bits per heavy atom. The van der Waals surface area contributed by atoms with Crippen LogP contribution in [-0.4, -0.2) is 28.3 Å². The van der Waals surface area contributed by atoms with Gasteiger partial charge in [-0.15, -0.1) is 0 Å². The predicted molar refractivity (Wildman–Crippen MR) is 58.3 cm³/mol. The van der Waals surface area contributed by atoms with Gasteiger partial charge in [0.25, 0.3) is 0 Å². The molecule has 14 heavy (non-hydrogen) atoms. The molecule has 0 rings (SSSR count). The van der Waals surface area contributed by atoms with Gasteiger partial charge in [-0.2, -0.15) is 0 Å². The Balaban J connectivity index is 3.88. The predicted octanol–water partition coefficient (Wildman–Crippen LogP) is 2.83. The Bertz CT molecular complexity index is 189. The monoisotopic (exact) mass is 217 g/mol. The van der Waals surface area contributed by atoms with E-state index in [1.54, 1.807) is 0 Å². The molecule has 0 radical (unpaired) electrons. The summed E-state index contributed by atoms with van der Waals surface area (Å²) in [4.78, 5) is 2.71. The maximum absolute atomic E-state index is 8.11. The minimum atomic E-state index is -1.98. The van der Waals surface area contributed by atoms with Crippen LogP contribution < -0.4 is 0 Å². The van der Waals surface area contributed by atoms with Gasteiger partial charge in [-0.05, 0) is 38.4 Å². The van der Waals surface area contributed by atoms with Crippen molar-refractivity contribution in [3.05, 3.63) is 10.4 Å². The molecule has 0 aliphatic carbocycles. The quantitative estimate of drug-likeness (QED) is 0.206. The Hall–Kier alpha value is -0.553. The van der Waals surface area contributed by atoms with E-state index in [4.69, 9.17) is 14.4 Å². The molecule has 0 N–H and O–H groups in total. The standard InChI is InChI=1S/C8H19N3O2Si/c1-4-12-14(3,13-5-2)8-6-7-10-11-9/h4-8H2,1-3H3. The molecule has 5 nitrogen and oxygen atoms in total. The summed E-state index contributed by atoms with van der Waals surface area (Å²) in [6.07, 6.45) is 0.840. The summed E-state index contributed by atoms with van der Waals surface area (Å²) in [5, 5.41) is 3.49. The van der Waals surface area contributed by atoms with Crippen LogP contribution in [0.1, 0.15) is 20.3 Å². The second kappa shape index (κ2) is 7.81. The minimum Gasteiger partial charge on any atom is -0.395 e. The van der Waals surface area contributed by atoms with Crippen molar-refractivity contribution >= 4 is 8.56 Å². The van der Waals surface area contributed by atoms with Gasteiger partial charge in [0, 0.05) is 24.7 Å². The van der Waals surface area contributed by atoms with Gasteiger partial charge in [-0.25, -0.2) is 0 Å². The first-order valence-electron chi connectivity index (χ1n) is 4.97. The minimum absolute atomic E-state index is 0.527. The second-order valence-corrected chi connectivity index (χ2v) is 6.40. The topological polar surface area (TPSA) is 67.2 Å². The van der Waals surface area contributed by atoms with E-state index in [0.717, 1.165) is 12.5 Å². The molecule has 0 heterocycles. The molecular weight excluding hydrogens is 198 g/mol. The number of azide groups is 1. The van der Waals surface area contributed by atoms with E-state index in [2.05, 4.69) is 16.6 Å². The Morgan fingerprint density at radius 1 is 1.29 bits per heavy atom. The van der Waals surface area contributed by atoms with Crippen LogP contribution in [0.25, 0.3) is 10.4 Å². The molecule has 0 aromatic rings. The van der Waals surface area contributed by atoms with Gasteiger partial charge in [-0.3, -0.25) is 0 Å². The molecule has 0 amide bonds. The SMILES string of the molecule is CCO[Si](C)(CCCN=[N+]=[N-])OCC. The van der Waals surface area contributed by atoms with Gasteiger partial charge in [0.15, 0.2) is 0 Å². The van der Waals surface area contributed by atoms with Crippen molar-refractivity contribution in [1.29, 1.82) is 0 Å². The third kappa shape index (κ3) is 5.99. The van der Waals surface area contributed by atoms with Gasteiger partial charge in [0.2, 0.25) is 0 Å². The molecule has 0 aliphatic rings. The molecule has 0 bridgehead atoms. The van der Waals surface area contributed by atoms with E-state index in [-0.39, 0.29) is 0 Å². The first-order valence-corrected chi connectivity index (χ1v) is 7.49. The molecule has 82 valence electrons. The largest absolute Gasteiger partial charge is 0.395 e. The van der Waals surface area contributed by atoms with Gasteiger partial charge >= 0.3 is 8.56 Å². The van der Waals surface area contributed by atoms with E-state index in [1.165, 1.54) is 0 Å². The Labute approximate surface area is 86.3 Å². The zero-order valence-electron chi connectivity index (χ0n) is 9.19. The van der Waals surface area contributed by atoms with E-state index in [9.17, 15) is 0 Å². The Kier molecular flexibility index (Phi) is 7.51. The van der Waals surface area contributed by atoms with Gasteiger partial charge < -0.3 is 8.85 Å². The van der Waals surface area contributed by atoms with Crippen LogP contribution in [0, 0.1) is 0 Å². The fourth-order valence-corrected chi connectivity index (χ4v) is 3.71. The van der Waals surface area contributed by atoms with Crippen molar-refractivity contribution < 1.29 is 8.85 Å². The fraction of sp³-hybridized carbons (Fsp3) is 1.00. The van der Waals surface area contributed by atoms with Crippen LogP contribution in [0.15, 0.2) is 5.11 Å². The molecule has 0 saturated heterocycles. The first kappa shape index (κ1) is 13.4. The zero-order chi connectivity index (χ0) is 10.9. The molecule has 0 aliphatic heterocycles. The summed E-state index contributed by atoms with van der Waals surface area (Å²) in [6.45, 7) is 7.89. The van der Waals surface area contributed by atoms with Gasteiger partial charge in [-0.1, -0.05) is 5.11 Å². The summed E-state index contributed by atoms with van der Waals surface area (Å²) >= 11 is 0. The van der Waals surface area contributed by atoms with Crippen LogP contribution in [0.3, 0.4) is 0 Å². The number of hydrogen-bond donors (Lipinski definition) is 0. The van der Waals surface area contributed by atoms with Crippen molar-refractivity contribution in [2.45, 2.75) is 32.9 Å². The van der Waals surface area contributed by atoms with E-state index >= 15 is 0 Å². The summed E-state index contributed by atoms with van der Waals surface area (Å²) in [5.74, 6) is 0. The highest BCUT2D eigenvalue weighted by molar-refractivity contribution is 6.66. The lowest BCUT2D eigenvalue weighted by molar-refractivity contribution is 0.188. The molecule has 0 atom stereocenters. The average Bonchev–Trinajstić information content (AvgIpc) is 2.13. The molecule has 0 aromatic heterocycles. The highest BCUT2D eigenvalue weighted by atomic mass is 28.4. The van der Waals surface area contributed by atoms with Crippen molar-refractivity contribution in [3.8, 4) is 0 Å². The summed E-state index contributed by atoms with van der Waals surface area (Å²) in [7, 11) is -1.98. The van der Waals surface area contributed by atoms with Crippen molar-refractivity contribution in [2.24, 2.45) is 5.11 Å². The van der Waals surface area contributed by atoms with Gasteiger partial charge in [0.1, 0.15) is 0 Å². The Morgan fingerprint density at radius 3 is 2.29 bits per heavy atom. The molecule has 6 heteroatoms. The van der Waals surface area contributed by atoms with Crippen molar-refractivity contribution in [3.63, 3.8) is 0 Å². The van der Waals surface area contributed by atoms with Crippen LogP contribution >= 0.6 is 0 Å². The van der Waals surface area contributed by atoms with E-state index in [0.29, 0.717) is 19.8 Å². The number of nitrogens with zero attached hydrogens (tertiary/aromatic N) is 3. The first-order chi connectivity index (χ1) is 6.68. The molecule has 0 fully saturated rings. The summed E-state index contributed by atoms with van der Waals surface area (Å²) in [6, 6.07) is 0.883. The third-order valence-electron chi connectivity index (χ3n) is 1.85. The highest BCUT2D eigenvalue weighted by Crippen LogP contribution is 2.15. The van der Waals surface area contributed by atoms with Gasteiger partial charge in [0.05, 0.1) is 0 Å². The number of hydrogen-bond acceptors (Lipinski definition) is 3. The lowest BCUT2D eigenvalue weighted by atomic mass is 10.5. The molecular formula is C8H19N3O2Si. The summed E-state index contributed by atoms with van der Waals surface area (Å²) in [5.41, 5.74) is 8.11. The zero-order valence-corrected chi connectivity index (χ0v) is 10.2. The lowest BCUT2D eigenvalue weighted by Gasteiger charge is -2.25. The smallest absolute Gasteiger partial charge is 0.334 e. The third-order valence-corrected chi connectivity index (χ3v) is 4.91. The van der Waals surface area contributed by atoms with Crippen molar-refractivity contribution in [2.75, 3.05) is 19.8 Å². The fourth-order valence-electron chi connectivity index (χ4n) is 1.31. The van der Waals surface area contributed by atoms with Crippen LogP contribution in [-0.2, 0) is 8.85 Å². The normalized spacial score (nSPS) is 11.1. The van der Waals surface area contributed by atoms with Crippen LogP contribution in [0.4, 0.5) is 0 Å². The second-order valence-electron chi connectivity index (χ2n) is 3.06.